The topological polar surface area (TPSA) is 71.2 Å². The number of hydrazine groups is 1. The third-order valence-corrected chi connectivity index (χ3v) is 2.48. The molecule has 15 heavy (non-hydrogen) atoms. The number of amides is 1. The number of aromatic nitrogens is 1. The first-order chi connectivity index (χ1) is 7.10. The predicted octanol–water partition coefficient (Wildman–Crippen LogP) is 1.22. The lowest BCUT2D eigenvalue weighted by Crippen LogP contribution is -2.28. The highest BCUT2D eigenvalue weighted by Gasteiger charge is 2.15. The Balaban J connectivity index is 3.11. The second kappa shape index (κ2) is 5.09. The minimum absolute atomic E-state index is 0.112. The first-order valence-corrected chi connectivity index (χ1v) is 5.27. The van der Waals surface area contributed by atoms with Gasteiger partial charge in [-0.1, -0.05) is 0 Å². The summed E-state index contributed by atoms with van der Waals surface area (Å²) < 4.78 is 0.745. The molecule has 1 aromatic heterocycles. The van der Waals surface area contributed by atoms with Crippen LogP contribution in [0.4, 0.5) is 5.82 Å². The highest BCUT2D eigenvalue weighted by Crippen LogP contribution is 2.18. The van der Waals surface area contributed by atoms with Gasteiger partial charge >= 0.3 is 0 Å². The van der Waals surface area contributed by atoms with Crippen LogP contribution >= 0.6 is 15.9 Å². The average molecular weight is 273 g/mol. The number of nitrogens with zero attached hydrogens (tertiary/aromatic N) is 2. The maximum Gasteiger partial charge on any atom is 0.257 e. The number of nitrogen functional groups attached to an aromatic ring is 1. The van der Waals surface area contributed by atoms with Crippen molar-refractivity contribution in [3.63, 3.8) is 0 Å². The number of nitrogens with one attached hydrogen (secondary N) is 1. The van der Waals surface area contributed by atoms with Crippen molar-refractivity contribution >= 4 is 27.7 Å². The average Bonchev–Trinajstić information content (AvgIpc) is 2.27. The quantitative estimate of drug-likeness (QED) is 0.641. The van der Waals surface area contributed by atoms with Crippen LogP contribution in [-0.4, -0.2) is 29.4 Å². The largest absolute Gasteiger partial charge is 0.342 e. The van der Waals surface area contributed by atoms with Crippen LogP contribution in [-0.2, 0) is 0 Å². The van der Waals surface area contributed by atoms with E-state index in [1.54, 1.807) is 24.2 Å². The molecule has 0 saturated carbocycles. The van der Waals surface area contributed by atoms with Crippen LogP contribution in [0.25, 0.3) is 0 Å². The summed E-state index contributed by atoms with van der Waals surface area (Å²) in [6, 6.07) is 1.69. The molecule has 1 amide bonds. The van der Waals surface area contributed by atoms with E-state index in [4.69, 9.17) is 5.84 Å². The first-order valence-electron chi connectivity index (χ1n) is 4.47. The van der Waals surface area contributed by atoms with E-state index < -0.39 is 0 Å². The van der Waals surface area contributed by atoms with Crippen molar-refractivity contribution in [2.24, 2.45) is 5.84 Å². The zero-order valence-electron chi connectivity index (χ0n) is 8.62. The van der Waals surface area contributed by atoms with Crippen LogP contribution in [0, 0.1) is 0 Å². The number of hydrogen-bond donors (Lipinski definition) is 2. The Bertz CT molecular complexity index is 369. The van der Waals surface area contributed by atoms with Gasteiger partial charge in [0.1, 0.15) is 0 Å². The summed E-state index contributed by atoms with van der Waals surface area (Å²) in [4.78, 5) is 17.5. The lowest BCUT2D eigenvalue weighted by Gasteiger charge is -2.16. The van der Waals surface area contributed by atoms with E-state index in [1.165, 1.54) is 0 Å². The number of carbonyl (C=O) groups excluding carboxylic acids is 1. The Kier molecular flexibility index (Phi) is 4.05. The Morgan fingerprint density at radius 2 is 2.40 bits per heavy atom. The van der Waals surface area contributed by atoms with Crippen molar-refractivity contribution in [2.45, 2.75) is 6.92 Å². The minimum Gasteiger partial charge on any atom is -0.342 e. The Hall–Kier alpha value is -1.14. The molecule has 1 rings (SSSR count). The second-order valence-electron chi connectivity index (χ2n) is 3.01. The van der Waals surface area contributed by atoms with Crippen LogP contribution < -0.4 is 11.3 Å². The molecule has 5 nitrogen and oxygen atoms in total. The SMILES string of the molecule is CCN(C)C(=O)c1cc(Br)cnc1NN. The van der Waals surface area contributed by atoms with Crippen LogP contribution in [0.2, 0.25) is 0 Å². The summed E-state index contributed by atoms with van der Waals surface area (Å²) in [5.74, 6) is 5.55. The smallest absolute Gasteiger partial charge is 0.257 e. The van der Waals surface area contributed by atoms with Crippen molar-refractivity contribution in [1.29, 1.82) is 0 Å². The fourth-order valence-electron chi connectivity index (χ4n) is 1.07. The number of carbonyl (C=O) groups is 1. The molecular formula is C9H13BrN4O. The lowest BCUT2D eigenvalue weighted by molar-refractivity contribution is 0.0803. The van der Waals surface area contributed by atoms with Gasteiger partial charge in [0, 0.05) is 24.3 Å². The Labute approximate surface area is 96.8 Å². The Morgan fingerprint density at radius 1 is 1.73 bits per heavy atom. The van der Waals surface area contributed by atoms with E-state index in [0.717, 1.165) is 4.47 Å². The normalized spacial score (nSPS) is 9.87. The summed E-state index contributed by atoms with van der Waals surface area (Å²) in [5, 5.41) is 0. The molecule has 0 aliphatic rings. The minimum atomic E-state index is -0.112. The van der Waals surface area contributed by atoms with Crippen molar-refractivity contribution in [2.75, 3.05) is 19.0 Å². The molecule has 0 aliphatic heterocycles. The molecular weight excluding hydrogens is 260 g/mol. The van der Waals surface area contributed by atoms with Gasteiger partial charge < -0.3 is 10.3 Å². The van der Waals surface area contributed by atoms with Gasteiger partial charge in [0.05, 0.1) is 5.56 Å². The Morgan fingerprint density at radius 3 is 2.93 bits per heavy atom. The molecule has 3 N–H and O–H groups in total. The zero-order chi connectivity index (χ0) is 11.4. The van der Waals surface area contributed by atoms with Gasteiger partial charge in [-0.25, -0.2) is 10.8 Å². The predicted molar refractivity (Wildman–Crippen MR) is 62.4 cm³/mol. The number of anilines is 1. The van der Waals surface area contributed by atoms with Crippen LogP contribution in [0.15, 0.2) is 16.7 Å². The molecule has 6 heteroatoms. The molecule has 0 fully saturated rings. The monoisotopic (exact) mass is 272 g/mol. The third kappa shape index (κ3) is 2.66. The van der Waals surface area contributed by atoms with E-state index >= 15 is 0 Å². The summed E-state index contributed by atoms with van der Waals surface area (Å²) in [6.45, 7) is 2.54. The summed E-state index contributed by atoms with van der Waals surface area (Å²) in [7, 11) is 1.73. The van der Waals surface area contributed by atoms with E-state index in [2.05, 4.69) is 26.3 Å². The molecule has 82 valence electrons. The standard InChI is InChI=1S/C9H13BrN4O/c1-3-14(2)9(15)7-4-6(10)5-12-8(7)13-11/h4-5H,3,11H2,1-2H3,(H,12,13). The maximum atomic E-state index is 11.9. The molecule has 0 aliphatic carbocycles. The second-order valence-corrected chi connectivity index (χ2v) is 3.93. The number of pyridine rings is 1. The molecule has 0 bridgehead atoms. The van der Waals surface area contributed by atoms with E-state index in [1.807, 2.05) is 6.92 Å². The van der Waals surface area contributed by atoms with E-state index in [-0.39, 0.29) is 5.91 Å². The van der Waals surface area contributed by atoms with Gasteiger partial charge in [-0.3, -0.25) is 4.79 Å². The fraction of sp³-hybridized carbons (Fsp3) is 0.333. The van der Waals surface area contributed by atoms with Gasteiger partial charge in [-0.2, -0.15) is 0 Å². The van der Waals surface area contributed by atoms with Gasteiger partial charge in [0.15, 0.2) is 5.82 Å². The lowest BCUT2D eigenvalue weighted by atomic mass is 10.2. The number of rotatable bonds is 3. The first kappa shape index (κ1) is 11.9. The zero-order valence-corrected chi connectivity index (χ0v) is 10.2. The molecule has 0 radical (unpaired) electrons. The molecule has 1 aromatic rings. The van der Waals surface area contributed by atoms with Crippen LogP contribution in [0.5, 0.6) is 0 Å². The third-order valence-electron chi connectivity index (χ3n) is 2.04. The number of hydrogen-bond acceptors (Lipinski definition) is 4. The molecule has 0 spiro atoms. The van der Waals surface area contributed by atoms with E-state index in [0.29, 0.717) is 17.9 Å². The number of nitrogens with two attached hydrogens (primary N) is 1. The van der Waals surface area contributed by atoms with E-state index in [9.17, 15) is 4.79 Å². The molecule has 1 heterocycles. The fourth-order valence-corrected chi connectivity index (χ4v) is 1.40. The van der Waals surface area contributed by atoms with Crippen LogP contribution in [0.3, 0.4) is 0 Å². The van der Waals surface area contributed by atoms with Gasteiger partial charge in [0.25, 0.3) is 5.91 Å². The molecule has 0 unspecified atom stereocenters. The summed E-state index contributed by atoms with van der Waals surface area (Å²) in [5.41, 5.74) is 2.86. The van der Waals surface area contributed by atoms with Crippen molar-refractivity contribution in [1.82, 2.24) is 9.88 Å². The van der Waals surface area contributed by atoms with Gasteiger partial charge in [0.2, 0.25) is 0 Å². The molecule has 0 aromatic carbocycles. The van der Waals surface area contributed by atoms with Gasteiger partial charge in [-0.15, -0.1) is 0 Å². The molecule has 0 atom stereocenters. The summed E-state index contributed by atoms with van der Waals surface area (Å²) >= 11 is 3.26. The molecule has 0 saturated heterocycles. The van der Waals surface area contributed by atoms with Crippen LogP contribution in [0.1, 0.15) is 17.3 Å². The van der Waals surface area contributed by atoms with Gasteiger partial charge in [-0.05, 0) is 28.9 Å². The maximum absolute atomic E-state index is 11.9. The summed E-state index contributed by atoms with van der Waals surface area (Å²) in [6.07, 6.45) is 1.58. The number of halogens is 1. The van der Waals surface area contributed by atoms with Crippen molar-refractivity contribution < 1.29 is 4.79 Å². The highest BCUT2D eigenvalue weighted by molar-refractivity contribution is 9.10. The van der Waals surface area contributed by atoms with Crippen molar-refractivity contribution in [3.05, 3.63) is 22.3 Å². The van der Waals surface area contributed by atoms with Crippen molar-refractivity contribution in [3.8, 4) is 0 Å². The highest BCUT2D eigenvalue weighted by atomic mass is 79.9.